The van der Waals surface area contributed by atoms with Crippen LogP contribution in [0.2, 0.25) is 0 Å². The van der Waals surface area contributed by atoms with Crippen molar-refractivity contribution in [2.24, 2.45) is 5.10 Å². The minimum atomic E-state index is -0.489. The Morgan fingerprint density at radius 3 is 2.73 bits per heavy atom. The number of anilines is 2. The molecule has 0 saturated carbocycles. The zero-order chi connectivity index (χ0) is 18.5. The fraction of sp³-hybridized carbons (Fsp3) is 0.211. The van der Waals surface area contributed by atoms with Gasteiger partial charge in [-0.1, -0.05) is 42.1 Å². The Kier molecular flexibility index (Phi) is 5.58. The van der Waals surface area contributed by atoms with Crippen molar-refractivity contribution in [3.63, 3.8) is 0 Å². The number of thioether (sulfide) groups is 1. The summed E-state index contributed by atoms with van der Waals surface area (Å²) in [7, 11) is 0. The molecular formula is C19H20N4O2S. The molecule has 2 aromatic carbocycles. The van der Waals surface area contributed by atoms with Crippen molar-refractivity contribution < 1.29 is 9.59 Å². The first-order valence-corrected chi connectivity index (χ1v) is 9.12. The van der Waals surface area contributed by atoms with E-state index >= 15 is 0 Å². The van der Waals surface area contributed by atoms with Crippen LogP contribution in [0.1, 0.15) is 17.5 Å². The topological polar surface area (TPSA) is 82.6 Å². The number of para-hydroxylation sites is 1. The number of benzene rings is 2. The van der Waals surface area contributed by atoms with Crippen LogP contribution in [0.25, 0.3) is 0 Å². The van der Waals surface area contributed by atoms with E-state index in [9.17, 15) is 9.59 Å². The van der Waals surface area contributed by atoms with Crippen molar-refractivity contribution in [3.8, 4) is 0 Å². The van der Waals surface area contributed by atoms with E-state index in [-0.39, 0.29) is 18.2 Å². The molecule has 2 aromatic rings. The molecule has 1 heterocycles. The maximum absolute atomic E-state index is 12.3. The van der Waals surface area contributed by atoms with Gasteiger partial charge in [-0.2, -0.15) is 0 Å². The highest BCUT2D eigenvalue weighted by Gasteiger charge is 2.32. The maximum atomic E-state index is 12.3. The minimum absolute atomic E-state index is 0.0915. The third kappa shape index (κ3) is 4.64. The van der Waals surface area contributed by atoms with Crippen LogP contribution < -0.4 is 16.1 Å². The summed E-state index contributed by atoms with van der Waals surface area (Å²) in [4.78, 5) is 24.4. The van der Waals surface area contributed by atoms with E-state index in [4.69, 9.17) is 0 Å². The number of rotatable bonds is 5. The molecule has 6 nitrogen and oxygen atoms in total. The van der Waals surface area contributed by atoms with Gasteiger partial charge in [0.1, 0.15) is 5.25 Å². The molecule has 0 unspecified atom stereocenters. The van der Waals surface area contributed by atoms with Gasteiger partial charge in [0.05, 0.1) is 5.69 Å². The summed E-state index contributed by atoms with van der Waals surface area (Å²) in [5, 5.41) is 9.73. The van der Waals surface area contributed by atoms with Crippen LogP contribution in [0.4, 0.5) is 11.4 Å². The summed E-state index contributed by atoms with van der Waals surface area (Å²) in [5.74, 6) is -0.400. The molecule has 26 heavy (non-hydrogen) atoms. The number of hydrazone groups is 1. The van der Waals surface area contributed by atoms with Gasteiger partial charge in [0.2, 0.25) is 11.8 Å². The van der Waals surface area contributed by atoms with E-state index in [2.05, 4.69) is 21.2 Å². The molecule has 7 heteroatoms. The lowest BCUT2D eigenvalue weighted by Gasteiger charge is -2.10. The summed E-state index contributed by atoms with van der Waals surface area (Å²) in [6.45, 7) is 3.91. The summed E-state index contributed by atoms with van der Waals surface area (Å²) >= 11 is 1.25. The molecule has 0 aromatic heterocycles. The van der Waals surface area contributed by atoms with Gasteiger partial charge in [0.15, 0.2) is 5.17 Å². The molecule has 1 saturated heterocycles. The first kappa shape index (κ1) is 18.0. The van der Waals surface area contributed by atoms with E-state index in [0.717, 1.165) is 22.5 Å². The summed E-state index contributed by atoms with van der Waals surface area (Å²) in [6.07, 6.45) is 0.0915. The van der Waals surface area contributed by atoms with E-state index in [1.54, 1.807) is 0 Å². The van der Waals surface area contributed by atoms with E-state index in [0.29, 0.717) is 5.17 Å². The molecule has 1 aliphatic rings. The fourth-order valence-corrected chi connectivity index (χ4v) is 3.39. The van der Waals surface area contributed by atoms with Crippen LogP contribution >= 0.6 is 11.8 Å². The number of nitrogens with zero attached hydrogens (tertiary/aromatic N) is 1. The van der Waals surface area contributed by atoms with Gasteiger partial charge in [-0.15, -0.1) is 5.10 Å². The lowest BCUT2D eigenvalue weighted by molar-refractivity contribution is -0.122. The first-order chi connectivity index (χ1) is 12.5. The summed E-state index contributed by atoms with van der Waals surface area (Å²) in [6, 6.07) is 15.3. The lowest BCUT2D eigenvalue weighted by Crippen LogP contribution is -2.28. The molecule has 0 bridgehead atoms. The SMILES string of the molecule is Cc1ccc(C)c(NC(=O)C[C@@H]2S/C(=N/Nc3ccccc3)NC2=O)c1. The average Bonchev–Trinajstić information content (AvgIpc) is 2.97. The van der Waals surface area contributed by atoms with E-state index in [1.165, 1.54) is 11.8 Å². The van der Waals surface area contributed by atoms with Gasteiger partial charge in [-0.25, -0.2) is 0 Å². The number of amidine groups is 1. The highest BCUT2D eigenvalue weighted by atomic mass is 32.2. The Balaban J connectivity index is 1.57. The highest BCUT2D eigenvalue weighted by Crippen LogP contribution is 2.24. The molecule has 134 valence electrons. The predicted molar refractivity (Wildman–Crippen MR) is 106 cm³/mol. The van der Waals surface area contributed by atoms with Crippen LogP contribution in [-0.2, 0) is 9.59 Å². The number of nitrogens with one attached hydrogen (secondary N) is 3. The van der Waals surface area contributed by atoms with E-state index < -0.39 is 5.25 Å². The van der Waals surface area contributed by atoms with Crippen molar-refractivity contribution in [2.75, 3.05) is 10.7 Å². The van der Waals surface area contributed by atoms with Crippen LogP contribution in [0.5, 0.6) is 0 Å². The molecular weight excluding hydrogens is 348 g/mol. The van der Waals surface area contributed by atoms with Crippen LogP contribution in [0.3, 0.4) is 0 Å². The molecule has 1 atom stereocenters. The second-order valence-electron chi connectivity index (χ2n) is 6.06. The highest BCUT2D eigenvalue weighted by molar-refractivity contribution is 8.15. The van der Waals surface area contributed by atoms with Crippen molar-refractivity contribution in [1.29, 1.82) is 0 Å². The van der Waals surface area contributed by atoms with Gasteiger partial charge < -0.3 is 10.6 Å². The van der Waals surface area contributed by atoms with Gasteiger partial charge in [-0.05, 0) is 43.2 Å². The minimum Gasteiger partial charge on any atom is -0.326 e. The lowest BCUT2D eigenvalue weighted by atomic mass is 10.1. The monoisotopic (exact) mass is 368 g/mol. The molecule has 0 aliphatic carbocycles. The predicted octanol–water partition coefficient (Wildman–Crippen LogP) is 3.25. The Morgan fingerprint density at radius 1 is 1.19 bits per heavy atom. The number of hydrogen-bond donors (Lipinski definition) is 3. The number of carbonyl (C=O) groups is 2. The molecule has 1 aliphatic heterocycles. The van der Waals surface area contributed by atoms with Gasteiger partial charge in [-0.3, -0.25) is 15.0 Å². The van der Waals surface area contributed by atoms with Gasteiger partial charge in [0, 0.05) is 12.1 Å². The Bertz CT molecular complexity index is 852. The quantitative estimate of drug-likeness (QED) is 0.708. The second kappa shape index (κ2) is 8.05. The van der Waals surface area contributed by atoms with E-state index in [1.807, 2.05) is 62.4 Å². The van der Waals surface area contributed by atoms with Crippen LogP contribution in [0, 0.1) is 13.8 Å². The Hall–Kier alpha value is -2.80. The molecule has 1 fully saturated rings. The number of amides is 2. The average molecular weight is 368 g/mol. The molecule has 0 radical (unpaired) electrons. The van der Waals surface area contributed by atoms with Crippen LogP contribution in [0.15, 0.2) is 53.6 Å². The second-order valence-corrected chi connectivity index (χ2v) is 7.25. The Labute approximate surface area is 156 Å². The zero-order valence-electron chi connectivity index (χ0n) is 14.6. The largest absolute Gasteiger partial charge is 0.326 e. The van der Waals surface area contributed by atoms with Crippen molar-refractivity contribution in [2.45, 2.75) is 25.5 Å². The number of aryl methyl sites for hydroxylation is 2. The summed E-state index contributed by atoms with van der Waals surface area (Å²) in [5.41, 5.74) is 6.54. The van der Waals surface area contributed by atoms with Crippen molar-refractivity contribution >= 4 is 40.1 Å². The normalized spacial score (nSPS) is 17.8. The molecule has 2 amide bonds. The smallest absolute Gasteiger partial charge is 0.240 e. The summed E-state index contributed by atoms with van der Waals surface area (Å²) < 4.78 is 0. The number of hydrogen-bond acceptors (Lipinski definition) is 5. The third-order valence-electron chi connectivity index (χ3n) is 3.87. The fourth-order valence-electron chi connectivity index (χ4n) is 2.46. The molecule has 3 N–H and O–H groups in total. The van der Waals surface area contributed by atoms with Crippen molar-refractivity contribution in [1.82, 2.24) is 5.32 Å². The van der Waals surface area contributed by atoms with Crippen molar-refractivity contribution in [3.05, 3.63) is 59.7 Å². The van der Waals surface area contributed by atoms with Gasteiger partial charge in [0.25, 0.3) is 0 Å². The standard InChI is InChI=1S/C19H20N4O2S/c1-12-8-9-13(2)15(10-12)20-17(24)11-16-18(25)21-19(26-16)23-22-14-6-4-3-5-7-14/h3-10,16,22H,11H2,1-2H3,(H,20,24)(H,21,23,25)/t16-/m0/s1. The molecule has 3 rings (SSSR count). The molecule has 0 spiro atoms. The third-order valence-corrected chi connectivity index (χ3v) is 4.96. The van der Waals surface area contributed by atoms with Gasteiger partial charge >= 0.3 is 0 Å². The zero-order valence-corrected chi connectivity index (χ0v) is 15.4. The van der Waals surface area contributed by atoms with Crippen LogP contribution in [-0.4, -0.2) is 22.2 Å². The first-order valence-electron chi connectivity index (χ1n) is 8.24. The maximum Gasteiger partial charge on any atom is 0.240 e. The Morgan fingerprint density at radius 2 is 1.96 bits per heavy atom. The number of carbonyl (C=O) groups excluding carboxylic acids is 2.